The SMILES string of the molecule is C=C1CCC/C1=C(/OC)N(C(=O)OCC(CC)CCCC)C(=O)OCC(CC)CCCC. The summed E-state index contributed by atoms with van der Waals surface area (Å²) < 4.78 is 16.7. The Morgan fingerprint density at radius 3 is 1.75 bits per heavy atom. The molecule has 6 nitrogen and oxygen atoms in total. The van der Waals surface area contributed by atoms with E-state index in [0.29, 0.717) is 6.42 Å². The molecule has 0 saturated heterocycles. The third-order valence-corrected chi connectivity index (χ3v) is 6.32. The van der Waals surface area contributed by atoms with Gasteiger partial charge in [0.15, 0.2) is 0 Å². The number of ether oxygens (including phenoxy) is 3. The molecule has 2 amide bonds. The number of amides is 2. The molecule has 0 N–H and O–H groups in total. The van der Waals surface area contributed by atoms with Crippen molar-refractivity contribution in [2.24, 2.45) is 11.8 Å². The third-order valence-electron chi connectivity index (χ3n) is 6.32. The number of rotatable bonds is 14. The number of methoxy groups -OCH3 is 1. The Morgan fingerprint density at radius 1 is 0.906 bits per heavy atom. The first kappa shape index (κ1) is 28.1. The molecule has 6 heteroatoms. The molecule has 0 radical (unpaired) electrons. The van der Waals surface area contributed by atoms with Crippen molar-refractivity contribution in [1.29, 1.82) is 0 Å². The molecule has 2 unspecified atom stereocenters. The van der Waals surface area contributed by atoms with Gasteiger partial charge in [0.1, 0.15) is 0 Å². The zero-order chi connectivity index (χ0) is 23.9. The first-order valence-corrected chi connectivity index (χ1v) is 12.5. The highest BCUT2D eigenvalue weighted by Crippen LogP contribution is 2.33. The first-order valence-electron chi connectivity index (χ1n) is 12.5. The average Bonchev–Trinajstić information content (AvgIpc) is 3.22. The summed E-state index contributed by atoms with van der Waals surface area (Å²) in [6.07, 6.45) is 9.18. The van der Waals surface area contributed by atoms with Crippen LogP contribution in [-0.4, -0.2) is 37.4 Å². The maximum absolute atomic E-state index is 13.1. The van der Waals surface area contributed by atoms with E-state index in [2.05, 4.69) is 34.3 Å². The standard InChI is InChI=1S/C26H45NO5/c1-7-11-15-21(9-3)18-31-25(28)27(24(30-6)23-17-13-14-20(23)5)26(29)32-19-22(10-4)16-12-8-2/h21-22H,5,7-19H2,1-4,6H3/b24-23-. The van der Waals surface area contributed by atoms with Crippen LogP contribution in [0, 0.1) is 11.8 Å². The molecule has 2 atom stereocenters. The smallest absolute Gasteiger partial charge is 0.426 e. The number of carbonyl (C=O) groups excluding carboxylic acids is 2. The molecule has 0 bridgehead atoms. The monoisotopic (exact) mass is 451 g/mol. The van der Waals surface area contributed by atoms with Gasteiger partial charge in [0, 0.05) is 5.57 Å². The van der Waals surface area contributed by atoms with Crippen molar-refractivity contribution in [2.45, 2.75) is 98.3 Å². The van der Waals surface area contributed by atoms with Crippen molar-refractivity contribution in [1.82, 2.24) is 4.90 Å². The number of allylic oxidation sites excluding steroid dienone is 2. The quantitative estimate of drug-likeness (QED) is 0.254. The summed E-state index contributed by atoms with van der Waals surface area (Å²) in [5.74, 6) is 0.733. The fourth-order valence-corrected chi connectivity index (χ4v) is 3.96. The molecule has 0 aromatic carbocycles. The van der Waals surface area contributed by atoms with Gasteiger partial charge in [-0.15, -0.1) is 4.90 Å². The Morgan fingerprint density at radius 2 is 1.41 bits per heavy atom. The van der Waals surface area contributed by atoms with Crippen molar-refractivity contribution in [3.05, 3.63) is 23.6 Å². The van der Waals surface area contributed by atoms with E-state index in [9.17, 15) is 9.59 Å². The Bertz CT molecular complexity index is 596. The molecule has 0 aromatic heterocycles. The van der Waals surface area contributed by atoms with Gasteiger partial charge < -0.3 is 14.2 Å². The summed E-state index contributed by atoms with van der Waals surface area (Å²) in [4.78, 5) is 27.1. The molecule has 32 heavy (non-hydrogen) atoms. The van der Waals surface area contributed by atoms with E-state index in [4.69, 9.17) is 14.2 Å². The van der Waals surface area contributed by atoms with Crippen LogP contribution in [0.15, 0.2) is 23.6 Å². The maximum Gasteiger partial charge on any atom is 0.426 e. The van der Waals surface area contributed by atoms with Gasteiger partial charge >= 0.3 is 12.2 Å². The van der Waals surface area contributed by atoms with Gasteiger partial charge in [-0.1, -0.05) is 72.8 Å². The zero-order valence-corrected chi connectivity index (χ0v) is 21.0. The number of imide groups is 1. The van der Waals surface area contributed by atoms with Gasteiger partial charge in [-0.05, 0) is 49.5 Å². The van der Waals surface area contributed by atoms with Crippen molar-refractivity contribution in [3.63, 3.8) is 0 Å². The predicted molar refractivity (Wildman–Crippen MR) is 128 cm³/mol. The van der Waals surface area contributed by atoms with E-state index < -0.39 is 12.2 Å². The lowest BCUT2D eigenvalue weighted by atomic mass is 10.0. The Balaban J connectivity index is 3.01. The maximum atomic E-state index is 13.1. The molecule has 1 aliphatic carbocycles. The van der Waals surface area contributed by atoms with Crippen LogP contribution in [0.1, 0.15) is 98.3 Å². The van der Waals surface area contributed by atoms with Crippen LogP contribution in [0.3, 0.4) is 0 Å². The van der Waals surface area contributed by atoms with Gasteiger partial charge in [-0.2, -0.15) is 0 Å². The summed E-state index contributed by atoms with van der Waals surface area (Å²) in [6, 6.07) is 0. The number of carbonyl (C=O) groups is 2. The summed E-state index contributed by atoms with van der Waals surface area (Å²) in [5, 5.41) is 0. The Hall–Kier alpha value is -1.98. The van der Waals surface area contributed by atoms with Gasteiger partial charge in [0.05, 0.1) is 20.3 Å². The first-order chi connectivity index (χ1) is 15.4. The Labute approximate surface area is 195 Å². The third kappa shape index (κ3) is 8.87. The molecule has 0 heterocycles. The highest BCUT2D eigenvalue weighted by atomic mass is 16.6. The minimum absolute atomic E-state index is 0.186. The fraction of sp³-hybridized carbons (Fsp3) is 0.769. The normalized spacial score (nSPS) is 17.0. The van der Waals surface area contributed by atoms with Gasteiger partial charge in [-0.25, -0.2) is 9.59 Å². The molecule has 1 rings (SSSR count). The van der Waals surface area contributed by atoms with E-state index in [1.165, 1.54) is 7.11 Å². The lowest BCUT2D eigenvalue weighted by Gasteiger charge is -2.25. The second kappa shape index (κ2) is 15.8. The van der Waals surface area contributed by atoms with Gasteiger partial charge in [0.2, 0.25) is 5.88 Å². The van der Waals surface area contributed by atoms with Crippen molar-refractivity contribution < 1.29 is 23.8 Å². The van der Waals surface area contributed by atoms with Crippen molar-refractivity contribution >= 4 is 12.2 Å². The molecule has 1 aliphatic rings. The van der Waals surface area contributed by atoms with E-state index in [1.54, 1.807) is 0 Å². The zero-order valence-electron chi connectivity index (χ0n) is 21.0. The molecule has 0 spiro atoms. The number of hydrogen-bond acceptors (Lipinski definition) is 5. The summed E-state index contributed by atoms with van der Waals surface area (Å²) in [6.45, 7) is 13.1. The van der Waals surface area contributed by atoms with Gasteiger partial charge in [0.25, 0.3) is 0 Å². The van der Waals surface area contributed by atoms with Crippen LogP contribution in [0.5, 0.6) is 0 Å². The predicted octanol–water partition coefficient (Wildman–Crippen LogP) is 7.59. The Kier molecular flexibility index (Phi) is 13.8. The number of unbranched alkanes of at least 4 members (excludes halogenated alkanes) is 2. The van der Waals surface area contributed by atoms with E-state index >= 15 is 0 Å². The second-order valence-corrected chi connectivity index (χ2v) is 8.77. The highest BCUT2D eigenvalue weighted by molar-refractivity contribution is 5.90. The van der Waals surface area contributed by atoms with Crippen LogP contribution >= 0.6 is 0 Å². The van der Waals surface area contributed by atoms with E-state index in [1.807, 2.05) is 0 Å². The molecule has 184 valence electrons. The molecular formula is C26H45NO5. The summed E-state index contributed by atoms with van der Waals surface area (Å²) in [5.41, 5.74) is 1.67. The van der Waals surface area contributed by atoms with Crippen LogP contribution in [-0.2, 0) is 14.2 Å². The van der Waals surface area contributed by atoms with Gasteiger partial charge in [-0.3, -0.25) is 0 Å². The number of hydrogen-bond donors (Lipinski definition) is 0. The van der Waals surface area contributed by atoms with Crippen LogP contribution in [0.4, 0.5) is 9.59 Å². The minimum Gasteiger partial charge on any atom is -0.481 e. The summed E-state index contributed by atoms with van der Waals surface area (Å²) in [7, 11) is 1.47. The molecular weight excluding hydrogens is 406 g/mol. The average molecular weight is 452 g/mol. The van der Waals surface area contributed by atoms with Crippen LogP contribution in [0.2, 0.25) is 0 Å². The largest absolute Gasteiger partial charge is 0.481 e. The van der Waals surface area contributed by atoms with Crippen LogP contribution < -0.4 is 0 Å². The molecule has 1 saturated carbocycles. The second-order valence-electron chi connectivity index (χ2n) is 8.77. The lowest BCUT2D eigenvalue weighted by Crippen LogP contribution is -2.39. The molecule has 0 aromatic rings. The highest BCUT2D eigenvalue weighted by Gasteiger charge is 2.34. The lowest BCUT2D eigenvalue weighted by molar-refractivity contribution is 0.0490. The fourth-order valence-electron chi connectivity index (χ4n) is 3.96. The number of nitrogens with zero attached hydrogens (tertiary/aromatic N) is 1. The molecule has 0 aliphatic heterocycles. The molecule has 1 fully saturated rings. The van der Waals surface area contributed by atoms with E-state index in [-0.39, 0.29) is 30.9 Å². The summed E-state index contributed by atoms with van der Waals surface area (Å²) >= 11 is 0. The van der Waals surface area contributed by atoms with Crippen molar-refractivity contribution in [3.8, 4) is 0 Å². The topological polar surface area (TPSA) is 65.1 Å². The van der Waals surface area contributed by atoms with Crippen LogP contribution in [0.25, 0.3) is 0 Å². The minimum atomic E-state index is -0.740. The van der Waals surface area contributed by atoms with Crippen molar-refractivity contribution in [2.75, 3.05) is 20.3 Å². The van der Waals surface area contributed by atoms with E-state index in [0.717, 1.165) is 80.3 Å².